The molecule has 19 nitrogen and oxygen atoms in total. The first kappa shape index (κ1) is 52.5. The number of esters is 1. The monoisotopic (exact) mass is 1120 g/mol. The number of nitrogens with one attached hydrogen (secondary N) is 3. The molecular weight excluding hydrogens is 1060 g/mol. The van der Waals surface area contributed by atoms with Crippen LogP contribution in [0.3, 0.4) is 0 Å². The van der Waals surface area contributed by atoms with Gasteiger partial charge < -0.3 is 39.3 Å². The highest BCUT2D eigenvalue weighted by Crippen LogP contribution is 2.39. The third kappa shape index (κ3) is 10.8. The highest BCUT2D eigenvalue weighted by molar-refractivity contribution is 7.22. The normalized spacial score (nSPS) is 14.0. The third-order valence-corrected chi connectivity index (χ3v) is 16.7. The van der Waals surface area contributed by atoms with Gasteiger partial charge in [0.1, 0.15) is 5.69 Å². The Morgan fingerprint density at radius 2 is 1.27 bits per heavy atom. The van der Waals surface area contributed by atoms with E-state index >= 15 is 0 Å². The number of hydrogen-bond acceptors (Lipinski definition) is 16. The Balaban J connectivity index is 0.000000162. The van der Waals surface area contributed by atoms with Gasteiger partial charge in [-0.2, -0.15) is 0 Å². The summed E-state index contributed by atoms with van der Waals surface area (Å²) in [6, 6.07) is 32.4. The summed E-state index contributed by atoms with van der Waals surface area (Å²) in [5.41, 5.74) is 12.1. The number of aromatic nitrogens is 5. The lowest BCUT2D eigenvalue weighted by Gasteiger charge is -2.19. The number of fused-ring (bicyclic) bond motifs is 8. The second-order valence-electron chi connectivity index (χ2n) is 20.3. The summed E-state index contributed by atoms with van der Waals surface area (Å²) in [6.07, 6.45) is 6.41. The lowest BCUT2D eigenvalue weighted by atomic mass is 10.1. The molecule has 0 bridgehead atoms. The number of amides is 2. The molecule has 13 rings (SSSR count). The predicted molar refractivity (Wildman–Crippen MR) is 318 cm³/mol. The van der Waals surface area contributed by atoms with Crippen molar-refractivity contribution < 1.29 is 28.7 Å². The molecule has 1 saturated heterocycles. The fourth-order valence-electron chi connectivity index (χ4n) is 10.7. The van der Waals surface area contributed by atoms with Crippen LogP contribution in [0.1, 0.15) is 93.0 Å². The van der Waals surface area contributed by atoms with E-state index in [-0.39, 0.29) is 29.4 Å². The third-order valence-electron chi connectivity index (χ3n) is 14.8. The number of thiazole rings is 2. The number of Topliss-reactive ketones (excluding diaryl/α,β-unsaturated/α-hetero) is 2. The fraction of sp³-hybridized carbons (Fsp3) is 0.250. The minimum Gasteiger partial charge on any atom is -0.466 e. The van der Waals surface area contributed by atoms with E-state index in [9.17, 15) is 24.0 Å². The molecule has 0 radical (unpaired) electrons. The predicted octanol–water partition coefficient (Wildman–Crippen LogP) is 13.5. The van der Waals surface area contributed by atoms with Gasteiger partial charge in [-0.05, 0) is 146 Å². The van der Waals surface area contributed by atoms with Crippen molar-refractivity contribution in [2.45, 2.75) is 52.9 Å². The van der Waals surface area contributed by atoms with Gasteiger partial charge in [0, 0.05) is 116 Å². The van der Waals surface area contributed by atoms with E-state index in [1.165, 1.54) is 31.1 Å². The van der Waals surface area contributed by atoms with E-state index in [0.717, 1.165) is 120 Å². The molecule has 3 N–H and O–H groups in total. The number of H-pyrrole nitrogens is 3. The molecule has 0 aliphatic carbocycles. The zero-order chi connectivity index (χ0) is 55.9. The van der Waals surface area contributed by atoms with Crippen LogP contribution in [0.4, 0.5) is 43.7 Å². The van der Waals surface area contributed by atoms with E-state index < -0.39 is 0 Å². The van der Waals surface area contributed by atoms with Crippen molar-refractivity contribution in [2.75, 3.05) is 66.0 Å². The molecule has 10 aromatic rings. The molecule has 3 aliphatic heterocycles. The van der Waals surface area contributed by atoms with Crippen molar-refractivity contribution in [1.82, 2.24) is 24.9 Å². The van der Waals surface area contributed by atoms with Crippen molar-refractivity contribution in [3.63, 3.8) is 0 Å². The Labute approximate surface area is 472 Å². The van der Waals surface area contributed by atoms with Crippen molar-refractivity contribution in [1.29, 1.82) is 0 Å². The van der Waals surface area contributed by atoms with Crippen molar-refractivity contribution in [2.24, 2.45) is 20.5 Å². The first-order chi connectivity index (χ1) is 39.3. The zero-order valence-electron chi connectivity index (χ0n) is 44.9. The maximum absolute atomic E-state index is 13.6. The highest BCUT2D eigenvalue weighted by Gasteiger charge is 2.30. The molecule has 5 aromatic carbocycles. The standard InChI is InChI=1S/C32H30N6O4S.C28H25N7O2S/c1-19(39)28-18-25-24-13-15-38(29(24)12-11-26(25)33-28)31(41)21-5-10-27-30(17-21)43-32(34-27)36-35-22-6-8-23(9-7-22)37(3)14-4-16-42-20(2)40;1-16(36)23-14-20-19-8-11-35(25(19)7-6-22(20)31-23)27(37)24-13-17-12-18(4-5-21(17)30-24)32-33-26-15-29-28(38-26)34-9-2-3-10-34/h5-12,17-18,33H,4,13-16H2,1-3H3;4-7,12-15,30-31H,2-3,8-11H2,1H3. The van der Waals surface area contributed by atoms with E-state index in [0.29, 0.717) is 58.8 Å². The number of carbonyl (C=O) groups is 5. The largest absolute Gasteiger partial charge is 0.466 e. The van der Waals surface area contributed by atoms with Gasteiger partial charge in [-0.1, -0.05) is 22.7 Å². The van der Waals surface area contributed by atoms with E-state index in [2.05, 4.69) is 55.2 Å². The first-order valence-corrected chi connectivity index (χ1v) is 28.4. The van der Waals surface area contributed by atoms with Gasteiger partial charge in [0.05, 0.1) is 45.8 Å². The number of carbonyl (C=O) groups excluding carboxylic acids is 5. The zero-order valence-corrected chi connectivity index (χ0v) is 46.5. The summed E-state index contributed by atoms with van der Waals surface area (Å²) in [7, 11) is 1.98. The number of ketones is 2. The molecule has 8 heterocycles. The molecule has 0 spiro atoms. The van der Waals surface area contributed by atoms with Crippen LogP contribution < -0.4 is 19.6 Å². The Hall–Kier alpha value is -9.21. The molecule has 1 fully saturated rings. The Morgan fingerprint density at radius 3 is 1.94 bits per heavy atom. The SMILES string of the molecule is CC(=O)OCCCN(C)c1ccc(N=Nc2nc3ccc(C(=O)N4CCc5c4ccc4[nH]c(C(C)=O)cc54)cc3s2)cc1.CC(=O)c1cc2c3c(ccc2[nH]1)N(C(=O)c1cc2cc(N=Nc4cnc(N5CCCC5)s4)ccc2[nH]1)CC3. The van der Waals surface area contributed by atoms with E-state index in [1.807, 2.05) is 109 Å². The van der Waals surface area contributed by atoms with Gasteiger partial charge in [-0.15, -0.1) is 20.5 Å². The smallest absolute Gasteiger partial charge is 0.302 e. The van der Waals surface area contributed by atoms with E-state index in [4.69, 9.17) is 4.74 Å². The number of azo groups is 2. The molecule has 0 unspecified atom stereocenters. The molecule has 408 valence electrons. The minimum atomic E-state index is -0.266. The molecule has 3 aliphatic rings. The maximum atomic E-state index is 13.6. The van der Waals surface area contributed by atoms with Gasteiger partial charge in [0.2, 0.25) is 5.13 Å². The minimum absolute atomic E-state index is 0.00301. The fourth-order valence-corrected chi connectivity index (χ4v) is 12.3. The van der Waals surface area contributed by atoms with Gasteiger partial charge >= 0.3 is 5.97 Å². The van der Waals surface area contributed by atoms with Gasteiger partial charge in [-0.3, -0.25) is 24.0 Å². The van der Waals surface area contributed by atoms with Crippen LogP contribution in [0, 0.1) is 0 Å². The van der Waals surface area contributed by atoms with Crippen LogP contribution in [0.25, 0.3) is 42.9 Å². The number of hydrogen-bond donors (Lipinski definition) is 3. The summed E-state index contributed by atoms with van der Waals surface area (Å²) in [5.74, 6) is -0.437. The second kappa shape index (κ2) is 22.1. The van der Waals surface area contributed by atoms with Crippen molar-refractivity contribution in [3.05, 3.63) is 143 Å². The van der Waals surface area contributed by atoms with Crippen molar-refractivity contribution >= 4 is 139 Å². The Morgan fingerprint density at radius 1 is 0.642 bits per heavy atom. The van der Waals surface area contributed by atoms with Crippen LogP contribution in [0.2, 0.25) is 0 Å². The van der Waals surface area contributed by atoms with Gasteiger partial charge in [0.15, 0.2) is 21.7 Å². The van der Waals surface area contributed by atoms with Crippen LogP contribution in [-0.4, -0.2) is 101 Å². The molecule has 2 amide bonds. The van der Waals surface area contributed by atoms with Crippen LogP contribution in [-0.2, 0) is 22.4 Å². The quantitative estimate of drug-likeness (QED) is 0.0403. The summed E-state index contributed by atoms with van der Waals surface area (Å²) < 4.78 is 5.85. The van der Waals surface area contributed by atoms with Gasteiger partial charge in [0.25, 0.3) is 11.8 Å². The molecule has 21 heteroatoms. The summed E-state index contributed by atoms with van der Waals surface area (Å²) in [4.78, 5) is 88.4. The lowest BCUT2D eigenvalue weighted by Crippen LogP contribution is -2.29. The number of nitrogens with zero attached hydrogens (tertiary/aromatic N) is 10. The van der Waals surface area contributed by atoms with Crippen LogP contribution in [0.5, 0.6) is 0 Å². The van der Waals surface area contributed by atoms with Crippen molar-refractivity contribution in [3.8, 4) is 0 Å². The molecular formula is C60H55N13O6S2. The summed E-state index contributed by atoms with van der Waals surface area (Å²) in [6.45, 7) is 8.93. The number of ether oxygens (including phenoxy) is 1. The number of benzene rings is 5. The Bertz CT molecular complexity index is 4180. The number of anilines is 4. The molecule has 81 heavy (non-hydrogen) atoms. The number of aromatic amines is 3. The molecule has 0 saturated carbocycles. The lowest BCUT2D eigenvalue weighted by molar-refractivity contribution is -0.141. The van der Waals surface area contributed by atoms with Crippen LogP contribution in [0.15, 0.2) is 130 Å². The Kier molecular flexibility index (Phi) is 14.3. The topological polar surface area (TPSA) is 230 Å². The van der Waals surface area contributed by atoms with Gasteiger partial charge in [-0.25, -0.2) is 9.97 Å². The summed E-state index contributed by atoms with van der Waals surface area (Å²) >= 11 is 2.93. The first-order valence-electron chi connectivity index (χ1n) is 26.8. The summed E-state index contributed by atoms with van der Waals surface area (Å²) in [5, 5.41) is 22.7. The number of rotatable bonds is 14. The van der Waals surface area contributed by atoms with Crippen LogP contribution >= 0.6 is 22.7 Å². The molecule has 5 aromatic heterocycles. The average Bonchev–Trinajstić information content (AvgIpc) is 4.41. The second-order valence-corrected chi connectivity index (χ2v) is 22.3. The maximum Gasteiger partial charge on any atom is 0.302 e. The highest BCUT2D eigenvalue weighted by atomic mass is 32.1. The molecule has 0 atom stereocenters. The van der Waals surface area contributed by atoms with E-state index in [1.54, 1.807) is 42.3 Å². The average molecular weight is 1120 g/mol.